The number of H-pyrrole nitrogens is 1. The highest BCUT2D eigenvalue weighted by atomic mass is 15.3. The Morgan fingerprint density at radius 3 is 2.47 bits per heavy atom. The summed E-state index contributed by atoms with van der Waals surface area (Å²) in [4.78, 5) is 2.27. The van der Waals surface area contributed by atoms with Gasteiger partial charge in [0.2, 0.25) is 0 Å². The smallest absolute Gasteiger partial charge is 0.151 e. The molecule has 0 unspecified atom stereocenters. The zero-order valence-electron chi connectivity index (χ0n) is 19.3. The van der Waals surface area contributed by atoms with Crippen molar-refractivity contribution >= 4 is 16.7 Å². The van der Waals surface area contributed by atoms with Crippen LogP contribution in [0.5, 0.6) is 0 Å². The first-order valence-corrected chi connectivity index (χ1v) is 11.0. The van der Waals surface area contributed by atoms with E-state index >= 15 is 0 Å². The summed E-state index contributed by atoms with van der Waals surface area (Å²) in [5.74, 6) is 0.892. The Labute approximate surface area is 188 Å². The van der Waals surface area contributed by atoms with Gasteiger partial charge in [-0.25, -0.2) is 4.68 Å². The predicted octanol–water partition coefficient (Wildman–Crippen LogP) is 3.95. The molecule has 8 nitrogen and oxygen atoms in total. The Morgan fingerprint density at radius 2 is 1.81 bits per heavy atom. The minimum Gasteiger partial charge on any atom is -0.355 e. The maximum Gasteiger partial charge on any atom is 0.151 e. The third-order valence-electron chi connectivity index (χ3n) is 6.35. The van der Waals surface area contributed by atoms with E-state index in [-0.39, 0.29) is 11.1 Å². The zero-order chi connectivity index (χ0) is 22.5. The third kappa shape index (κ3) is 3.75. The number of piperidine rings is 1. The van der Waals surface area contributed by atoms with Crippen LogP contribution >= 0.6 is 0 Å². The first kappa shape index (κ1) is 20.6. The molecule has 8 heteroatoms. The largest absolute Gasteiger partial charge is 0.355 e. The average molecular weight is 431 g/mol. The van der Waals surface area contributed by atoms with E-state index in [1.54, 1.807) is 6.20 Å². The fourth-order valence-corrected chi connectivity index (χ4v) is 5.23. The van der Waals surface area contributed by atoms with Gasteiger partial charge in [-0.2, -0.15) is 10.2 Å². The molecule has 0 saturated carbocycles. The van der Waals surface area contributed by atoms with Crippen molar-refractivity contribution in [2.45, 2.75) is 57.7 Å². The molecular formula is C24H30N8. The van der Waals surface area contributed by atoms with E-state index in [2.05, 4.69) is 82.6 Å². The minimum atomic E-state index is 0.0806. The number of hydrogen-bond donors (Lipinski definition) is 2. The van der Waals surface area contributed by atoms with Gasteiger partial charge in [-0.05, 0) is 70.9 Å². The minimum absolute atomic E-state index is 0.0806. The standard InChI is InChI=1S/C24H30N8/c1-23(2)13-16(14-24(3,4)30-23)31(5)21-10-8-19(27-28-21)17-7-9-20(32-12-6-11-26-32)22-18(17)15-25-29-22/h6-12,15-16,30H,13-14H2,1-5H3,(H,25,29). The quantitative estimate of drug-likeness (QED) is 0.510. The fraction of sp³-hybridized carbons (Fsp3) is 0.417. The first-order chi connectivity index (χ1) is 15.2. The van der Waals surface area contributed by atoms with Crippen LogP contribution in [0.1, 0.15) is 40.5 Å². The maximum atomic E-state index is 4.60. The summed E-state index contributed by atoms with van der Waals surface area (Å²) in [6, 6.07) is 10.5. The van der Waals surface area contributed by atoms with Crippen LogP contribution in [0.2, 0.25) is 0 Å². The maximum absolute atomic E-state index is 4.60. The van der Waals surface area contributed by atoms with E-state index in [0.29, 0.717) is 6.04 Å². The Bertz CT molecular complexity index is 1200. The van der Waals surface area contributed by atoms with Crippen molar-refractivity contribution < 1.29 is 0 Å². The molecule has 0 amide bonds. The number of aromatic amines is 1. The monoisotopic (exact) mass is 430 g/mol. The van der Waals surface area contributed by atoms with Gasteiger partial charge in [-0.1, -0.05) is 0 Å². The molecule has 0 spiro atoms. The molecule has 0 bridgehead atoms. The lowest BCUT2D eigenvalue weighted by molar-refractivity contribution is 0.160. The summed E-state index contributed by atoms with van der Waals surface area (Å²) in [6.45, 7) is 9.08. The molecule has 5 rings (SSSR count). The molecule has 0 radical (unpaired) electrons. The van der Waals surface area contributed by atoms with Crippen LogP contribution in [0.4, 0.5) is 5.82 Å². The van der Waals surface area contributed by atoms with Gasteiger partial charge >= 0.3 is 0 Å². The van der Waals surface area contributed by atoms with Crippen molar-refractivity contribution in [1.82, 2.24) is 35.5 Å². The SMILES string of the molecule is CN(c1ccc(-c2ccc(-n3cccn3)c3[nH]ncc23)nn1)C1CC(C)(C)NC(C)(C)C1. The van der Waals surface area contributed by atoms with Crippen LogP contribution in [0.15, 0.2) is 48.9 Å². The van der Waals surface area contributed by atoms with Crippen LogP contribution in [-0.4, -0.2) is 54.3 Å². The van der Waals surface area contributed by atoms with Crippen molar-refractivity contribution in [3.63, 3.8) is 0 Å². The zero-order valence-corrected chi connectivity index (χ0v) is 19.3. The molecule has 1 aliphatic rings. The highest BCUT2D eigenvalue weighted by Crippen LogP contribution is 2.34. The summed E-state index contributed by atoms with van der Waals surface area (Å²) >= 11 is 0. The van der Waals surface area contributed by atoms with Crippen LogP contribution in [-0.2, 0) is 0 Å². The van der Waals surface area contributed by atoms with E-state index in [4.69, 9.17) is 0 Å². The number of anilines is 1. The number of fused-ring (bicyclic) bond motifs is 1. The van der Waals surface area contributed by atoms with Crippen molar-refractivity contribution in [1.29, 1.82) is 0 Å². The topological polar surface area (TPSA) is 87.6 Å². The van der Waals surface area contributed by atoms with E-state index in [9.17, 15) is 0 Å². The summed E-state index contributed by atoms with van der Waals surface area (Å²) in [7, 11) is 2.12. The molecular weight excluding hydrogens is 400 g/mol. The molecule has 166 valence electrons. The normalized spacial score (nSPS) is 18.2. The van der Waals surface area contributed by atoms with Gasteiger partial charge in [0.05, 0.1) is 23.1 Å². The number of aromatic nitrogens is 6. The van der Waals surface area contributed by atoms with Gasteiger partial charge < -0.3 is 10.2 Å². The highest BCUT2D eigenvalue weighted by Gasteiger charge is 2.39. The number of hydrogen-bond acceptors (Lipinski definition) is 6. The number of nitrogens with zero attached hydrogens (tertiary/aromatic N) is 6. The molecule has 1 saturated heterocycles. The molecule has 1 aromatic carbocycles. The van der Waals surface area contributed by atoms with E-state index in [1.165, 1.54) is 0 Å². The molecule has 4 aromatic rings. The summed E-state index contributed by atoms with van der Waals surface area (Å²) in [6.07, 6.45) is 7.63. The molecule has 2 N–H and O–H groups in total. The van der Waals surface area contributed by atoms with Crippen LogP contribution in [0.25, 0.3) is 27.8 Å². The van der Waals surface area contributed by atoms with Crippen molar-refractivity contribution in [2.24, 2.45) is 0 Å². The second-order valence-corrected chi connectivity index (χ2v) is 10.1. The molecule has 3 aromatic heterocycles. The molecule has 32 heavy (non-hydrogen) atoms. The van der Waals surface area contributed by atoms with Crippen molar-refractivity contribution in [3.05, 3.63) is 48.9 Å². The summed E-state index contributed by atoms with van der Waals surface area (Å²) in [5.41, 5.74) is 3.86. The molecule has 1 fully saturated rings. The highest BCUT2D eigenvalue weighted by molar-refractivity contribution is 5.97. The Morgan fingerprint density at radius 1 is 1.03 bits per heavy atom. The van der Waals surface area contributed by atoms with Crippen LogP contribution < -0.4 is 10.2 Å². The van der Waals surface area contributed by atoms with E-state index in [0.717, 1.165) is 46.5 Å². The van der Waals surface area contributed by atoms with Crippen molar-refractivity contribution in [2.75, 3.05) is 11.9 Å². The third-order valence-corrected chi connectivity index (χ3v) is 6.35. The second kappa shape index (κ2) is 7.41. The van der Waals surface area contributed by atoms with Gasteiger partial charge in [0.15, 0.2) is 5.82 Å². The Balaban J connectivity index is 1.44. The lowest BCUT2D eigenvalue weighted by atomic mass is 9.79. The molecule has 0 atom stereocenters. The number of nitrogens with one attached hydrogen (secondary N) is 2. The van der Waals surface area contributed by atoms with Gasteiger partial charge in [0.1, 0.15) is 0 Å². The molecule has 0 aliphatic carbocycles. The number of rotatable bonds is 4. The van der Waals surface area contributed by atoms with Gasteiger partial charge in [-0.15, -0.1) is 10.2 Å². The lowest BCUT2D eigenvalue weighted by Crippen LogP contribution is -2.62. The Hall–Kier alpha value is -3.26. The molecule has 4 heterocycles. The fourth-order valence-electron chi connectivity index (χ4n) is 5.23. The second-order valence-electron chi connectivity index (χ2n) is 10.1. The van der Waals surface area contributed by atoms with Crippen LogP contribution in [0.3, 0.4) is 0 Å². The average Bonchev–Trinajstić information content (AvgIpc) is 3.43. The van der Waals surface area contributed by atoms with Gasteiger partial charge in [0.25, 0.3) is 0 Å². The predicted molar refractivity (Wildman–Crippen MR) is 127 cm³/mol. The number of benzene rings is 1. The summed E-state index contributed by atoms with van der Waals surface area (Å²) in [5, 5.41) is 25.6. The molecule has 1 aliphatic heterocycles. The summed E-state index contributed by atoms with van der Waals surface area (Å²) < 4.78 is 1.83. The lowest BCUT2D eigenvalue weighted by Gasteiger charge is -2.49. The Kier molecular flexibility index (Phi) is 4.78. The van der Waals surface area contributed by atoms with Crippen LogP contribution in [0, 0.1) is 0 Å². The van der Waals surface area contributed by atoms with Gasteiger partial charge in [0, 0.05) is 47.5 Å². The first-order valence-electron chi connectivity index (χ1n) is 11.0. The van der Waals surface area contributed by atoms with Crippen molar-refractivity contribution in [3.8, 4) is 16.9 Å². The van der Waals surface area contributed by atoms with E-state index in [1.807, 2.05) is 35.3 Å². The van der Waals surface area contributed by atoms with E-state index < -0.39 is 0 Å². The van der Waals surface area contributed by atoms with Gasteiger partial charge in [-0.3, -0.25) is 5.10 Å².